The molecule has 0 amide bonds. The molecule has 6 heteroatoms. The van der Waals surface area contributed by atoms with Gasteiger partial charge < -0.3 is 0 Å². The largest absolute Gasteiger partial charge is 0.261 e. The maximum atomic E-state index is 5.65. The van der Waals surface area contributed by atoms with Crippen molar-refractivity contribution in [3.63, 3.8) is 0 Å². The molecular formula is C9H9ClN4S. The smallest absolute Gasteiger partial charge is 0.147 e. The van der Waals surface area contributed by atoms with Crippen LogP contribution in [-0.2, 0) is 7.05 Å². The third kappa shape index (κ3) is 2.49. The molecule has 0 spiro atoms. The number of hydrogen-bond donors (Lipinski definition) is 0. The van der Waals surface area contributed by atoms with E-state index in [1.807, 2.05) is 24.7 Å². The summed E-state index contributed by atoms with van der Waals surface area (Å²) >= 11 is 7.16. The van der Waals surface area contributed by atoms with Gasteiger partial charge in [0.05, 0.1) is 18.1 Å². The molecule has 0 bridgehead atoms. The van der Waals surface area contributed by atoms with Crippen molar-refractivity contribution in [1.82, 2.24) is 19.7 Å². The molecule has 0 aliphatic carbocycles. The SMILES string of the molecule is Cc1cc(Sc2cnc(Cl)cn2)n(C)n1. The summed E-state index contributed by atoms with van der Waals surface area (Å²) in [5, 5.41) is 6.49. The fourth-order valence-corrected chi connectivity index (χ4v) is 2.07. The first-order chi connectivity index (χ1) is 7.15. The van der Waals surface area contributed by atoms with Crippen LogP contribution in [0.3, 0.4) is 0 Å². The van der Waals surface area contributed by atoms with E-state index in [1.54, 1.807) is 6.20 Å². The minimum Gasteiger partial charge on any atom is -0.261 e. The van der Waals surface area contributed by atoms with Gasteiger partial charge >= 0.3 is 0 Å². The Morgan fingerprint density at radius 2 is 2.13 bits per heavy atom. The van der Waals surface area contributed by atoms with Crippen molar-refractivity contribution in [2.45, 2.75) is 17.0 Å². The number of nitrogens with zero attached hydrogens (tertiary/aromatic N) is 4. The first kappa shape index (κ1) is 10.4. The van der Waals surface area contributed by atoms with Gasteiger partial charge in [0.15, 0.2) is 0 Å². The van der Waals surface area contributed by atoms with Crippen LogP contribution in [0, 0.1) is 6.92 Å². The zero-order valence-electron chi connectivity index (χ0n) is 8.31. The van der Waals surface area contributed by atoms with Gasteiger partial charge in [-0.3, -0.25) is 4.68 Å². The molecule has 15 heavy (non-hydrogen) atoms. The molecule has 2 aromatic heterocycles. The third-order valence-corrected chi connectivity index (χ3v) is 2.97. The fourth-order valence-electron chi connectivity index (χ4n) is 1.14. The van der Waals surface area contributed by atoms with Gasteiger partial charge in [0.1, 0.15) is 15.2 Å². The van der Waals surface area contributed by atoms with Gasteiger partial charge in [-0.2, -0.15) is 5.10 Å². The number of rotatable bonds is 2. The Bertz CT molecular complexity index is 465. The Morgan fingerprint density at radius 1 is 1.33 bits per heavy atom. The van der Waals surface area contributed by atoms with Crippen molar-refractivity contribution in [1.29, 1.82) is 0 Å². The van der Waals surface area contributed by atoms with E-state index in [9.17, 15) is 0 Å². The standard InChI is InChI=1S/C9H9ClN4S/c1-6-3-9(14(2)13-6)15-8-5-11-7(10)4-12-8/h3-5H,1-2H3. The Morgan fingerprint density at radius 3 is 2.67 bits per heavy atom. The number of aromatic nitrogens is 4. The molecule has 2 aromatic rings. The van der Waals surface area contributed by atoms with Crippen LogP contribution in [0.25, 0.3) is 0 Å². The molecule has 0 atom stereocenters. The van der Waals surface area contributed by atoms with Gasteiger partial charge in [0.2, 0.25) is 0 Å². The van der Waals surface area contributed by atoms with Gasteiger partial charge in [-0.1, -0.05) is 11.6 Å². The van der Waals surface area contributed by atoms with Crippen LogP contribution in [0.4, 0.5) is 0 Å². The molecule has 78 valence electrons. The minimum atomic E-state index is 0.403. The summed E-state index contributed by atoms with van der Waals surface area (Å²) in [6.07, 6.45) is 3.18. The lowest BCUT2D eigenvalue weighted by Crippen LogP contribution is -1.92. The minimum absolute atomic E-state index is 0.403. The Hall–Kier alpha value is -1.07. The summed E-state index contributed by atoms with van der Waals surface area (Å²) in [5.41, 5.74) is 0.988. The van der Waals surface area contributed by atoms with Crippen molar-refractivity contribution >= 4 is 23.4 Å². The quantitative estimate of drug-likeness (QED) is 0.808. The van der Waals surface area contributed by atoms with E-state index in [0.717, 1.165) is 15.7 Å². The van der Waals surface area contributed by atoms with Gasteiger partial charge in [-0.25, -0.2) is 9.97 Å². The Labute approximate surface area is 96.7 Å². The van der Waals surface area contributed by atoms with Crippen LogP contribution in [0.2, 0.25) is 5.15 Å². The van der Waals surface area contributed by atoms with Crippen LogP contribution in [0.15, 0.2) is 28.5 Å². The van der Waals surface area contributed by atoms with Crippen molar-refractivity contribution in [2.75, 3.05) is 0 Å². The van der Waals surface area contributed by atoms with E-state index in [0.29, 0.717) is 5.15 Å². The summed E-state index contributed by atoms with van der Waals surface area (Å²) in [4.78, 5) is 8.12. The average Bonchev–Trinajstić information content (AvgIpc) is 2.49. The highest BCUT2D eigenvalue weighted by Crippen LogP contribution is 2.25. The Balaban J connectivity index is 2.21. The normalized spacial score (nSPS) is 10.6. The van der Waals surface area contributed by atoms with Gasteiger partial charge in [-0.15, -0.1) is 0 Å². The van der Waals surface area contributed by atoms with E-state index in [4.69, 9.17) is 11.6 Å². The van der Waals surface area contributed by atoms with Gasteiger partial charge in [-0.05, 0) is 24.8 Å². The average molecular weight is 241 g/mol. The lowest BCUT2D eigenvalue weighted by molar-refractivity contribution is 0.692. The second kappa shape index (κ2) is 4.20. The van der Waals surface area contributed by atoms with Crippen LogP contribution in [-0.4, -0.2) is 19.7 Å². The van der Waals surface area contributed by atoms with E-state index in [-0.39, 0.29) is 0 Å². The van der Waals surface area contributed by atoms with Gasteiger partial charge in [0, 0.05) is 7.05 Å². The molecule has 0 N–H and O–H groups in total. The molecule has 0 saturated heterocycles. The maximum absolute atomic E-state index is 5.65. The van der Waals surface area contributed by atoms with Crippen LogP contribution in [0.1, 0.15) is 5.69 Å². The molecule has 0 fully saturated rings. The summed E-state index contributed by atoms with van der Waals surface area (Å²) in [7, 11) is 1.90. The summed E-state index contributed by atoms with van der Waals surface area (Å²) in [5.74, 6) is 0. The molecule has 0 unspecified atom stereocenters. The van der Waals surface area contributed by atoms with Crippen LogP contribution in [0.5, 0.6) is 0 Å². The van der Waals surface area contributed by atoms with Crippen LogP contribution < -0.4 is 0 Å². The van der Waals surface area contributed by atoms with E-state index in [2.05, 4.69) is 15.1 Å². The third-order valence-electron chi connectivity index (χ3n) is 1.76. The molecule has 0 radical (unpaired) electrons. The second-order valence-electron chi connectivity index (χ2n) is 3.03. The summed E-state index contributed by atoms with van der Waals surface area (Å²) in [6, 6.07) is 2.00. The zero-order valence-corrected chi connectivity index (χ0v) is 9.88. The van der Waals surface area contributed by atoms with E-state index in [1.165, 1.54) is 18.0 Å². The van der Waals surface area contributed by atoms with E-state index >= 15 is 0 Å². The molecule has 2 rings (SSSR count). The van der Waals surface area contributed by atoms with Crippen molar-refractivity contribution in [3.8, 4) is 0 Å². The lowest BCUT2D eigenvalue weighted by Gasteiger charge is -1.99. The zero-order chi connectivity index (χ0) is 10.8. The highest BCUT2D eigenvalue weighted by molar-refractivity contribution is 7.99. The number of aryl methyl sites for hydroxylation is 2. The van der Waals surface area contributed by atoms with E-state index < -0.39 is 0 Å². The predicted molar refractivity (Wildman–Crippen MR) is 59.1 cm³/mol. The first-order valence-corrected chi connectivity index (χ1v) is 5.50. The molecular weight excluding hydrogens is 232 g/mol. The highest BCUT2D eigenvalue weighted by atomic mass is 35.5. The second-order valence-corrected chi connectivity index (χ2v) is 4.45. The monoisotopic (exact) mass is 240 g/mol. The van der Waals surface area contributed by atoms with Crippen molar-refractivity contribution < 1.29 is 0 Å². The molecule has 0 aliphatic rings. The molecule has 0 aliphatic heterocycles. The summed E-state index contributed by atoms with van der Waals surface area (Å²) < 4.78 is 1.82. The fraction of sp³-hybridized carbons (Fsp3) is 0.222. The van der Waals surface area contributed by atoms with Gasteiger partial charge in [0.25, 0.3) is 0 Å². The van der Waals surface area contributed by atoms with Crippen molar-refractivity contribution in [3.05, 3.63) is 29.3 Å². The number of hydrogen-bond acceptors (Lipinski definition) is 4. The maximum Gasteiger partial charge on any atom is 0.147 e. The number of halogens is 1. The van der Waals surface area contributed by atoms with Crippen LogP contribution >= 0.6 is 23.4 Å². The highest BCUT2D eigenvalue weighted by Gasteiger charge is 2.05. The molecule has 2 heterocycles. The topological polar surface area (TPSA) is 43.6 Å². The Kier molecular flexibility index (Phi) is 2.93. The molecule has 0 saturated carbocycles. The van der Waals surface area contributed by atoms with Crippen molar-refractivity contribution in [2.24, 2.45) is 7.05 Å². The molecule has 0 aromatic carbocycles. The molecule has 4 nitrogen and oxygen atoms in total. The summed E-state index contributed by atoms with van der Waals surface area (Å²) in [6.45, 7) is 1.96. The first-order valence-electron chi connectivity index (χ1n) is 4.31. The lowest BCUT2D eigenvalue weighted by atomic mass is 10.5. The predicted octanol–water partition coefficient (Wildman–Crippen LogP) is 2.32.